The number of guanidine groups is 1. The molecule has 1 saturated carbocycles. The quantitative estimate of drug-likeness (QED) is 0.384. The molecule has 4 unspecified atom stereocenters. The number of rotatable bonds is 5. The van der Waals surface area contributed by atoms with Crippen LogP contribution >= 0.6 is 24.0 Å². The highest BCUT2D eigenvalue weighted by molar-refractivity contribution is 14.0. The molecule has 8 heteroatoms. The van der Waals surface area contributed by atoms with Gasteiger partial charge in [0.2, 0.25) is 0 Å². The number of hydrogen-bond donors (Lipinski definition) is 2. The van der Waals surface area contributed by atoms with Gasteiger partial charge in [-0.2, -0.15) is 5.10 Å². The number of ether oxygens (including phenoxy) is 1. The van der Waals surface area contributed by atoms with E-state index in [9.17, 15) is 0 Å². The Hall–Kier alpha value is -0.870. The highest BCUT2D eigenvalue weighted by Gasteiger charge is 2.59. The number of nitrogens with zero attached hydrogens (tertiary/aromatic N) is 4. The summed E-state index contributed by atoms with van der Waals surface area (Å²) in [6, 6.07) is 0.645. The Morgan fingerprint density at radius 2 is 2.23 bits per heavy atom. The van der Waals surface area contributed by atoms with Gasteiger partial charge < -0.3 is 20.3 Å². The Morgan fingerprint density at radius 1 is 1.50 bits per heavy atom. The molecule has 26 heavy (non-hydrogen) atoms. The highest BCUT2D eigenvalue weighted by atomic mass is 127. The zero-order chi connectivity index (χ0) is 18.2. The topological polar surface area (TPSA) is 66.7 Å². The largest absolute Gasteiger partial charge is 0.377 e. The summed E-state index contributed by atoms with van der Waals surface area (Å²) in [5.74, 6) is 1.45. The maximum Gasteiger partial charge on any atom is 0.191 e. The van der Waals surface area contributed by atoms with Crippen LogP contribution in [0.5, 0.6) is 0 Å². The molecule has 0 radical (unpaired) electrons. The first-order valence-electron chi connectivity index (χ1n) is 9.08. The minimum absolute atomic E-state index is 0. The Balaban J connectivity index is 0.00000243. The van der Waals surface area contributed by atoms with Crippen LogP contribution in [0.2, 0.25) is 0 Å². The lowest BCUT2D eigenvalue weighted by atomic mass is 9.57. The Morgan fingerprint density at radius 3 is 2.81 bits per heavy atom. The van der Waals surface area contributed by atoms with Crippen molar-refractivity contribution in [1.29, 1.82) is 0 Å². The fourth-order valence-corrected chi connectivity index (χ4v) is 4.36. The van der Waals surface area contributed by atoms with E-state index in [2.05, 4.69) is 59.8 Å². The highest BCUT2D eigenvalue weighted by Crippen LogP contribution is 2.52. The number of aryl methyl sites for hydroxylation is 1. The average Bonchev–Trinajstić information content (AvgIpc) is 3.18. The van der Waals surface area contributed by atoms with Crippen LogP contribution in [0.4, 0.5) is 0 Å². The molecule has 3 rings (SSSR count). The molecule has 1 aromatic heterocycles. The lowest BCUT2D eigenvalue weighted by molar-refractivity contribution is -0.106. The number of halogens is 1. The third-order valence-electron chi connectivity index (χ3n) is 5.81. The maximum atomic E-state index is 5.89. The number of hydrogen-bond acceptors (Lipinski definition) is 4. The molecule has 0 aromatic carbocycles. The van der Waals surface area contributed by atoms with Gasteiger partial charge >= 0.3 is 0 Å². The minimum Gasteiger partial charge on any atom is -0.377 e. The van der Waals surface area contributed by atoms with Gasteiger partial charge in [-0.3, -0.25) is 9.67 Å². The first-order valence-corrected chi connectivity index (χ1v) is 9.08. The first kappa shape index (κ1) is 21.4. The van der Waals surface area contributed by atoms with Crippen LogP contribution in [-0.4, -0.2) is 67.1 Å². The second kappa shape index (κ2) is 8.43. The van der Waals surface area contributed by atoms with Gasteiger partial charge in [0.15, 0.2) is 5.96 Å². The van der Waals surface area contributed by atoms with Crippen molar-refractivity contribution in [2.24, 2.45) is 23.4 Å². The smallest absolute Gasteiger partial charge is 0.191 e. The summed E-state index contributed by atoms with van der Waals surface area (Å²) >= 11 is 0. The van der Waals surface area contributed by atoms with Crippen molar-refractivity contribution in [2.75, 3.05) is 34.3 Å². The molecule has 0 bridgehead atoms. The Kier molecular flexibility index (Phi) is 6.95. The van der Waals surface area contributed by atoms with Crippen molar-refractivity contribution >= 4 is 29.9 Å². The lowest BCUT2D eigenvalue weighted by Crippen LogP contribution is -2.68. The molecule has 148 valence electrons. The number of nitrogens with one attached hydrogen (secondary N) is 2. The molecule has 7 nitrogen and oxygen atoms in total. The molecular weight excluding hydrogens is 443 g/mol. The molecule has 1 aliphatic carbocycles. The standard InChI is InChI=1S/C18H32N6O.HI/c1-18(2)15(13-7-8-25-16(13)18)22-17(19-3)20-10-14(23(4)5)12-9-21-24(6)11-12;/h9,11,13-16H,7-8,10H2,1-6H3,(H2,19,20,22);1H. The molecule has 2 heterocycles. The van der Waals surface area contributed by atoms with Gasteiger partial charge in [-0.05, 0) is 20.5 Å². The van der Waals surface area contributed by atoms with E-state index >= 15 is 0 Å². The third-order valence-corrected chi connectivity index (χ3v) is 5.81. The summed E-state index contributed by atoms with van der Waals surface area (Å²) in [6.07, 6.45) is 5.52. The van der Waals surface area contributed by atoms with Crippen molar-refractivity contribution in [3.8, 4) is 0 Å². The van der Waals surface area contributed by atoms with Crippen molar-refractivity contribution < 1.29 is 4.74 Å². The third kappa shape index (κ3) is 4.01. The van der Waals surface area contributed by atoms with Gasteiger partial charge in [-0.1, -0.05) is 13.8 Å². The van der Waals surface area contributed by atoms with Gasteiger partial charge in [-0.25, -0.2) is 0 Å². The van der Waals surface area contributed by atoms with Crippen molar-refractivity contribution in [1.82, 2.24) is 25.3 Å². The Labute approximate surface area is 174 Å². The molecule has 2 fully saturated rings. The van der Waals surface area contributed by atoms with Crippen molar-refractivity contribution in [3.05, 3.63) is 18.0 Å². The molecule has 2 N–H and O–H groups in total. The fraction of sp³-hybridized carbons (Fsp3) is 0.778. The van der Waals surface area contributed by atoms with Crippen LogP contribution in [0.15, 0.2) is 17.4 Å². The van der Waals surface area contributed by atoms with E-state index in [1.54, 1.807) is 0 Å². The van der Waals surface area contributed by atoms with E-state index < -0.39 is 0 Å². The molecule has 0 spiro atoms. The molecule has 0 amide bonds. The summed E-state index contributed by atoms with van der Waals surface area (Å²) in [6.45, 7) is 6.22. The van der Waals surface area contributed by atoms with E-state index in [0.717, 1.165) is 25.5 Å². The van der Waals surface area contributed by atoms with Gasteiger partial charge in [0.05, 0.1) is 18.3 Å². The second-order valence-corrected chi connectivity index (χ2v) is 8.07. The summed E-state index contributed by atoms with van der Waals surface area (Å²) in [5, 5.41) is 11.4. The van der Waals surface area contributed by atoms with Crippen LogP contribution < -0.4 is 10.6 Å². The molecule has 1 aliphatic heterocycles. The number of aromatic nitrogens is 2. The predicted octanol–water partition coefficient (Wildman–Crippen LogP) is 1.62. The van der Waals surface area contributed by atoms with E-state index in [1.165, 1.54) is 5.56 Å². The Bertz CT molecular complexity index is 629. The molecule has 4 atom stereocenters. The molecular formula is C18H33IN6O. The van der Waals surface area contributed by atoms with Crippen molar-refractivity contribution in [3.63, 3.8) is 0 Å². The van der Waals surface area contributed by atoms with Crippen LogP contribution in [0.1, 0.15) is 31.9 Å². The monoisotopic (exact) mass is 476 g/mol. The summed E-state index contributed by atoms with van der Waals surface area (Å²) in [5.41, 5.74) is 1.34. The number of fused-ring (bicyclic) bond motifs is 1. The fourth-order valence-electron chi connectivity index (χ4n) is 4.36. The van der Waals surface area contributed by atoms with Crippen LogP contribution in [0.25, 0.3) is 0 Å². The average molecular weight is 476 g/mol. The maximum absolute atomic E-state index is 5.89. The summed E-state index contributed by atoms with van der Waals surface area (Å²) in [4.78, 5) is 6.63. The molecule has 2 aliphatic rings. The van der Waals surface area contributed by atoms with E-state index in [4.69, 9.17) is 4.74 Å². The summed E-state index contributed by atoms with van der Waals surface area (Å²) < 4.78 is 7.73. The normalized spacial score (nSPS) is 28.1. The van der Waals surface area contributed by atoms with E-state index in [-0.39, 0.29) is 35.4 Å². The van der Waals surface area contributed by atoms with Gasteiger partial charge in [0, 0.05) is 56.4 Å². The minimum atomic E-state index is 0. The number of aliphatic imine (C=N–C) groups is 1. The van der Waals surface area contributed by atoms with Crippen LogP contribution in [0, 0.1) is 11.3 Å². The van der Waals surface area contributed by atoms with Gasteiger partial charge in [0.1, 0.15) is 0 Å². The van der Waals surface area contributed by atoms with E-state index in [1.807, 2.05) is 25.0 Å². The predicted molar refractivity (Wildman–Crippen MR) is 115 cm³/mol. The lowest BCUT2D eigenvalue weighted by Gasteiger charge is -2.55. The van der Waals surface area contributed by atoms with Gasteiger partial charge in [0.25, 0.3) is 0 Å². The zero-order valence-electron chi connectivity index (χ0n) is 16.7. The van der Waals surface area contributed by atoms with Crippen LogP contribution in [0.3, 0.4) is 0 Å². The van der Waals surface area contributed by atoms with Gasteiger partial charge in [-0.15, -0.1) is 24.0 Å². The summed E-state index contributed by atoms with van der Waals surface area (Å²) in [7, 11) is 7.96. The zero-order valence-corrected chi connectivity index (χ0v) is 19.0. The van der Waals surface area contributed by atoms with E-state index in [0.29, 0.717) is 18.1 Å². The van der Waals surface area contributed by atoms with Crippen molar-refractivity contribution in [2.45, 2.75) is 38.5 Å². The van der Waals surface area contributed by atoms with Crippen LogP contribution in [-0.2, 0) is 11.8 Å². The second-order valence-electron chi connectivity index (χ2n) is 8.07. The first-order chi connectivity index (χ1) is 11.8. The molecule has 1 aromatic rings. The molecule has 1 saturated heterocycles. The number of likely N-dealkylation sites (N-methyl/N-ethyl adjacent to an activating group) is 1. The SMILES string of the molecule is CN=C(NCC(c1cnn(C)c1)N(C)C)NC1C2CCOC2C1(C)C.I.